The smallest absolute Gasteiger partial charge is 0.143 e. The number of hydrogen-bond donors (Lipinski definition) is 1. The minimum Gasteiger partial charge on any atom is -0.395 e. The van der Waals surface area contributed by atoms with E-state index >= 15 is 0 Å². The van der Waals surface area contributed by atoms with Crippen molar-refractivity contribution < 1.29 is 9.90 Å². The lowest BCUT2D eigenvalue weighted by Gasteiger charge is -2.35. The van der Waals surface area contributed by atoms with Gasteiger partial charge in [0, 0.05) is 5.92 Å². The van der Waals surface area contributed by atoms with Crippen LogP contribution in [0.1, 0.15) is 46.0 Å². The minimum absolute atomic E-state index is 0.0456. The SMILES string of the molecule is CC(C)C(=O)C1(CO)CCCCC1. The molecule has 0 radical (unpaired) electrons. The standard InChI is InChI=1S/C11H20O2/c1-9(2)10(13)11(8-12)6-4-3-5-7-11/h9,12H,3-8H2,1-2H3. The van der Waals surface area contributed by atoms with Gasteiger partial charge < -0.3 is 5.11 Å². The van der Waals surface area contributed by atoms with E-state index in [2.05, 4.69) is 0 Å². The second-order valence-electron chi connectivity index (χ2n) is 4.52. The Kier molecular flexibility index (Phi) is 3.48. The molecule has 0 spiro atoms. The topological polar surface area (TPSA) is 37.3 Å². The van der Waals surface area contributed by atoms with E-state index in [-0.39, 0.29) is 23.7 Å². The van der Waals surface area contributed by atoms with Crippen LogP contribution in [0.5, 0.6) is 0 Å². The highest BCUT2D eigenvalue weighted by molar-refractivity contribution is 5.86. The Labute approximate surface area is 80.3 Å². The molecule has 0 atom stereocenters. The summed E-state index contributed by atoms with van der Waals surface area (Å²) in [5.41, 5.74) is -0.383. The average molecular weight is 184 g/mol. The van der Waals surface area contributed by atoms with Gasteiger partial charge in [0.1, 0.15) is 5.78 Å². The van der Waals surface area contributed by atoms with Gasteiger partial charge in [-0.05, 0) is 12.8 Å². The summed E-state index contributed by atoms with van der Waals surface area (Å²) in [7, 11) is 0. The van der Waals surface area contributed by atoms with Crippen molar-refractivity contribution in [1.82, 2.24) is 0 Å². The number of aliphatic hydroxyl groups excluding tert-OH is 1. The number of rotatable bonds is 3. The van der Waals surface area contributed by atoms with Gasteiger partial charge in [-0.3, -0.25) is 4.79 Å². The highest BCUT2D eigenvalue weighted by Gasteiger charge is 2.39. The monoisotopic (exact) mass is 184 g/mol. The van der Waals surface area contributed by atoms with Gasteiger partial charge in [0.05, 0.1) is 12.0 Å². The van der Waals surface area contributed by atoms with E-state index in [0.29, 0.717) is 0 Å². The lowest BCUT2D eigenvalue weighted by atomic mass is 9.69. The summed E-state index contributed by atoms with van der Waals surface area (Å²) < 4.78 is 0. The number of carbonyl (C=O) groups is 1. The maximum absolute atomic E-state index is 11.9. The molecule has 2 nitrogen and oxygen atoms in total. The lowest BCUT2D eigenvalue weighted by molar-refractivity contribution is -0.136. The fraction of sp³-hybridized carbons (Fsp3) is 0.909. The van der Waals surface area contributed by atoms with Crippen LogP contribution in [-0.4, -0.2) is 17.5 Å². The van der Waals surface area contributed by atoms with Crippen molar-refractivity contribution in [2.75, 3.05) is 6.61 Å². The fourth-order valence-corrected chi connectivity index (χ4v) is 2.32. The fourth-order valence-electron chi connectivity index (χ4n) is 2.32. The van der Waals surface area contributed by atoms with Crippen LogP contribution >= 0.6 is 0 Å². The first-order valence-electron chi connectivity index (χ1n) is 5.27. The molecule has 0 bridgehead atoms. The molecule has 0 aromatic heterocycles. The van der Waals surface area contributed by atoms with Crippen LogP contribution in [0.4, 0.5) is 0 Å². The summed E-state index contributed by atoms with van der Waals surface area (Å²) in [4.78, 5) is 11.9. The molecule has 0 unspecified atom stereocenters. The van der Waals surface area contributed by atoms with Gasteiger partial charge >= 0.3 is 0 Å². The van der Waals surface area contributed by atoms with Crippen LogP contribution in [0.3, 0.4) is 0 Å². The Morgan fingerprint density at radius 3 is 2.23 bits per heavy atom. The molecule has 2 heteroatoms. The number of ketones is 1. The van der Waals surface area contributed by atoms with Crippen molar-refractivity contribution in [3.63, 3.8) is 0 Å². The first-order valence-corrected chi connectivity index (χ1v) is 5.27. The third kappa shape index (κ3) is 2.11. The minimum atomic E-state index is -0.383. The van der Waals surface area contributed by atoms with Crippen LogP contribution in [0.25, 0.3) is 0 Å². The van der Waals surface area contributed by atoms with E-state index < -0.39 is 0 Å². The van der Waals surface area contributed by atoms with Gasteiger partial charge in [0.15, 0.2) is 0 Å². The van der Waals surface area contributed by atoms with Crippen LogP contribution in [0.2, 0.25) is 0 Å². The largest absolute Gasteiger partial charge is 0.395 e. The van der Waals surface area contributed by atoms with Crippen molar-refractivity contribution in [2.45, 2.75) is 46.0 Å². The maximum Gasteiger partial charge on any atom is 0.143 e. The average Bonchev–Trinajstić information content (AvgIpc) is 2.17. The van der Waals surface area contributed by atoms with E-state index in [1.807, 2.05) is 13.8 Å². The molecule has 0 aromatic carbocycles. The highest BCUT2D eigenvalue weighted by Crippen LogP contribution is 2.38. The molecule has 0 saturated heterocycles. The Morgan fingerprint density at radius 1 is 1.31 bits per heavy atom. The van der Waals surface area contributed by atoms with Crippen molar-refractivity contribution in [3.05, 3.63) is 0 Å². The summed E-state index contributed by atoms with van der Waals surface area (Å²) in [5, 5.41) is 9.34. The molecule has 1 rings (SSSR count). The molecule has 0 aromatic rings. The molecule has 1 saturated carbocycles. The third-order valence-electron chi connectivity index (χ3n) is 3.16. The molecular weight excluding hydrogens is 164 g/mol. The van der Waals surface area contributed by atoms with Crippen LogP contribution in [0.15, 0.2) is 0 Å². The molecule has 1 aliphatic carbocycles. The summed E-state index contributed by atoms with van der Waals surface area (Å²) in [6.07, 6.45) is 5.19. The molecule has 0 heterocycles. The predicted molar refractivity (Wildman–Crippen MR) is 52.4 cm³/mol. The molecule has 1 N–H and O–H groups in total. The van der Waals surface area contributed by atoms with Crippen LogP contribution in [0, 0.1) is 11.3 Å². The quantitative estimate of drug-likeness (QED) is 0.729. The van der Waals surface area contributed by atoms with Crippen LogP contribution in [-0.2, 0) is 4.79 Å². The molecule has 13 heavy (non-hydrogen) atoms. The molecule has 0 aliphatic heterocycles. The Hall–Kier alpha value is -0.370. The number of carbonyl (C=O) groups excluding carboxylic acids is 1. The predicted octanol–water partition coefficient (Wildman–Crippen LogP) is 2.15. The molecular formula is C11H20O2. The molecule has 1 aliphatic rings. The van der Waals surface area contributed by atoms with Crippen molar-refractivity contribution in [3.8, 4) is 0 Å². The van der Waals surface area contributed by atoms with Gasteiger partial charge in [0.2, 0.25) is 0 Å². The zero-order valence-corrected chi connectivity index (χ0v) is 8.68. The summed E-state index contributed by atoms with van der Waals surface area (Å²) in [6.45, 7) is 3.90. The van der Waals surface area contributed by atoms with Gasteiger partial charge in [-0.25, -0.2) is 0 Å². The van der Waals surface area contributed by atoms with Gasteiger partial charge in [0.25, 0.3) is 0 Å². The van der Waals surface area contributed by atoms with Gasteiger partial charge in [-0.2, -0.15) is 0 Å². The first-order chi connectivity index (χ1) is 6.12. The zero-order chi connectivity index (χ0) is 9.90. The molecule has 1 fully saturated rings. The molecule has 76 valence electrons. The highest BCUT2D eigenvalue weighted by atomic mass is 16.3. The third-order valence-corrected chi connectivity index (χ3v) is 3.16. The zero-order valence-electron chi connectivity index (χ0n) is 8.68. The van der Waals surface area contributed by atoms with Crippen molar-refractivity contribution >= 4 is 5.78 Å². The summed E-state index contributed by atoms with van der Waals surface area (Å²) in [5.74, 6) is 0.319. The summed E-state index contributed by atoms with van der Waals surface area (Å²) >= 11 is 0. The number of aliphatic hydroxyl groups is 1. The Morgan fingerprint density at radius 2 is 1.85 bits per heavy atom. The lowest BCUT2D eigenvalue weighted by Crippen LogP contribution is -2.39. The van der Waals surface area contributed by atoms with E-state index in [1.54, 1.807) is 0 Å². The van der Waals surface area contributed by atoms with E-state index in [4.69, 9.17) is 0 Å². The van der Waals surface area contributed by atoms with Crippen molar-refractivity contribution in [2.24, 2.45) is 11.3 Å². The number of hydrogen-bond acceptors (Lipinski definition) is 2. The second-order valence-corrected chi connectivity index (χ2v) is 4.52. The van der Waals surface area contributed by atoms with Gasteiger partial charge in [-0.1, -0.05) is 33.1 Å². The van der Waals surface area contributed by atoms with E-state index in [0.717, 1.165) is 25.7 Å². The Bertz CT molecular complexity index is 179. The Balaban J connectivity index is 2.72. The maximum atomic E-state index is 11.9. The summed E-state index contributed by atoms with van der Waals surface area (Å²) in [6, 6.07) is 0. The first kappa shape index (κ1) is 10.7. The van der Waals surface area contributed by atoms with E-state index in [9.17, 15) is 9.90 Å². The normalized spacial score (nSPS) is 21.8. The van der Waals surface area contributed by atoms with Gasteiger partial charge in [-0.15, -0.1) is 0 Å². The van der Waals surface area contributed by atoms with Crippen molar-refractivity contribution in [1.29, 1.82) is 0 Å². The van der Waals surface area contributed by atoms with Crippen LogP contribution < -0.4 is 0 Å². The molecule has 0 amide bonds. The van der Waals surface area contributed by atoms with E-state index in [1.165, 1.54) is 6.42 Å². The second kappa shape index (κ2) is 4.23. The number of Topliss-reactive ketones (excluding diaryl/α,β-unsaturated/α-hetero) is 1.